The first-order valence-corrected chi connectivity index (χ1v) is 5.81. The van der Waals surface area contributed by atoms with E-state index in [9.17, 15) is 0 Å². The fourth-order valence-corrected chi connectivity index (χ4v) is 1.33. The molecule has 2 rings (SSSR count). The second-order valence-corrected chi connectivity index (χ2v) is 4.20. The molecule has 0 fully saturated rings. The molecule has 1 unspecified atom stereocenters. The molecular weight excluding hydrogens is 198 g/mol. The van der Waals surface area contributed by atoms with Crippen molar-refractivity contribution in [3.8, 4) is 0 Å². The molecular formula is C5H5N3S3. The van der Waals surface area contributed by atoms with Crippen LogP contribution in [0, 0.1) is 0 Å². The molecule has 0 aliphatic carbocycles. The summed E-state index contributed by atoms with van der Waals surface area (Å²) >= 11 is 6.28. The minimum absolute atomic E-state index is 0.312. The highest BCUT2D eigenvalue weighted by molar-refractivity contribution is 8.29. The van der Waals surface area contributed by atoms with Gasteiger partial charge in [0.15, 0.2) is 0 Å². The van der Waals surface area contributed by atoms with Gasteiger partial charge >= 0.3 is 0 Å². The van der Waals surface area contributed by atoms with Crippen molar-refractivity contribution in [2.45, 2.75) is 0 Å². The Morgan fingerprint density at radius 1 is 1.45 bits per heavy atom. The van der Waals surface area contributed by atoms with E-state index in [2.05, 4.69) is 25.8 Å². The maximum Gasteiger partial charge on any atom is 0.0791 e. The highest BCUT2D eigenvalue weighted by Gasteiger charge is 1.84. The van der Waals surface area contributed by atoms with Crippen LogP contribution in [0.3, 0.4) is 0 Å². The van der Waals surface area contributed by atoms with Crippen LogP contribution in [-0.4, -0.2) is 4.98 Å². The first-order chi connectivity index (χ1) is 5.39. The van der Waals surface area contributed by atoms with Crippen LogP contribution in [0.4, 0.5) is 0 Å². The Morgan fingerprint density at radius 3 is 2.55 bits per heavy atom. The molecule has 6 heteroatoms. The standard InChI is InChI=1S/C3H3NS.C2H2N2S2/c1-2-5-3-4-1;5-6-2-1-3-4-6/h1-3H;1-2H. The van der Waals surface area contributed by atoms with Crippen molar-refractivity contribution < 1.29 is 0 Å². The van der Waals surface area contributed by atoms with Gasteiger partial charge in [0.1, 0.15) is 0 Å². The van der Waals surface area contributed by atoms with E-state index < -0.39 is 0 Å². The van der Waals surface area contributed by atoms with Gasteiger partial charge in [0.05, 0.1) is 11.7 Å². The van der Waals surface area contributed by atoms with Crippen LogP contribution in [0.15, 0.2) is 38.3 Å². The summed E-state index contributed by atoms with van der Waals surface area (Å²) in [7, 11) is -0.312. The lowest BCUT2D eigenvalue weighted by Crippen LogP contribution is -1.59. The Kier molecular flexibility index (Phi) is 4.10. The van der Waals surface area contributed by atoms with Crippen LogP contribution in [0.1, 0.15) is 0 Å². The molecule has 0 aromatic carbocycles. The van der Waals surface area contributed by atoms with Gasteiger partial charge in [-0.05, 0) is 11.2 Å². The van der Waals surface area contributed by atoms with Crippen LogP contribution >= 0.6 is 11.3 Å². The zero-order valence-corrected chi connectivity index (χ0v) is 7.90. The molecule has 1 aliphatic rings. The highest BCUT2D eigenvalue weighted by atomic mass is 32.8. The van der Waals surface area contributed by atoms with Crippen molar-refractivity contribution in [3.63, 3.8) is 0 Å². The first-order valence-electron chi connectivity index (χ1n) is 2.70. The van der Waals surface area contributed by atoms with Gasteiger partial charge in [0.2, 0.25) is 0 Å². The Balaban J connectivity index is 0.000000112. The molecule has 2 heterocycles. The predicted molar refractivity (Wildman–Crippen MR) is 50.8 cm³/mol. The highest BCUT2D eigenvalue weighted by Crippen LogP contribution is 1.97. The van der Waals surface area contributed by atoms with E-state index in [0.29, 0.717) is 0 Å². The van der Waals surface area contributed by atoms with Gasteiger partial charge in [0, 0.05) is 26.6 Å². The SMILES string of the molecule is S=S1C=CN=N1.c1cscn1. The lowest BCUT2D eigenvalue weighted by molar-refractivity contribution is 1.37. The molecule has 1 aromatic heterocycles. The number of hydrogen-bond donors (Lipinski definition) is 0. The number of hydrogen-bond acceptors (Lipinski definition) is 4. The van der Waals surface area contributed by atoms with E-state index in [0.717, 1.165) is 0 Å². The third-order valence-corrected chi connectivity index (χ3v) is 2.38. The van der Waals surface area contributed by atoms with Crippen LogP contribution < -0.4 is 0 Å². The van der Waals surface area contributed by atoms with Gasteiger partial charge in [0.25, 0.3) is 0 Å². The molecule has 0 N–H and O–H groups in total. The zero-order valence-electron chi connectivity index (χ0n) is 5.45. The molecule has 0 saturated carbocycles. The van der Waals surface area contributed by atoms with Gasteiger partial charge < -0.3 is 0 Å². The molecule has 3 nitrogen and oxygen atoms in total. The van der Waals surface area contributed by atoms with E-state index in [1.165, 1.54) is 0 Å². The van der Waals surface area contributed by atoms with E-state index in [-0.39, 0.29) is 9.64 Å². The Bertz CT molecular complexity index is 233. The maximum atomic E-state index is 4.68. The molecule has 0 radical (unpaired) electrons. The largest absolute Gasteiger partial charge is 0.253 e. The first kappa shape index (κ1) is 8.63. The monoisotopic (exact) mass is 203 g/mol. The molecule has 11 heavy (non-hydrogen) atoms. The molecule has 0 amide bonds. The van der Waals surface area contributed by atoms with E-state index in [4.69, 9.17) is 0 Å². The summed E-state index contributed by atoms with van der Waals surface area (Å²) in [6, 6.07) is 0. The van der Waals surface area contributed by atoms with Gasteiger partial charge in [-0.2, -0.15) is 5.11 Å². The average Bonchev–Trinajstić information content (AvgIpc) is 2.57. The number of aromatic nitrogens is 1. The average molecular weight is 203 g/mol. The summed E-state index contributed by atoms with van der Waals surface area (Å²) < 4.78 is 3.59. The lowest BCUT2D eigenvalue weighted by atomic mass is 11.0. The molecule has 58 valence electrons. The van der Waals surface area contributed by atoms with E-state index >= 15 is 0 Å². The van der Waals surface area contributed by atoms with E-state index in [1.807, 2.05) is 5.38 Å². The number of nitrogens with zero attached hydrogens (tertiary/aromatic N) is 3. The summed E-state index contributed by atoms with van der Waals surface area (Å²) in [5.41, 5.74) is 1.79. The molecule has 0 spiro atoms. The predicted octanol–water partition coefficient (Wildman–Crippen LogP) is 2.06. The van der Waals surface area contributed by atoms with Crippen molar-refractivity contribution in [1.29, 1.82) is 0 Å². The summed E-state index contributed by atoms with van der Waals surface area (Å²) in [5.74, 6) is 0. The molecule has 1 aromatic rings. The lowest BCUT2D eigenvalue weighted by Gasteiger charge is -1.67. The summed E-state index contributed by atoms with van der Waals surface area (Å²) in [6.45, 7) is 0. The minimum Gasteiger partial charge on any atom is -0.253 e. The normalized spacial score (nSPS) is 19.5. The van der Waals surface area contributed by atoms with Crippen molar-refractivity contribution in [1.82, 2.24) is 4.98 Å². The van der Waals surface area contributed by atoms with Crippen LogP contribution in [0.25, 0.3) is 0 Å². The van der Waals surface area contributed by atoms with Crippen molar-refractivity contribution in [3.05, 3.63) is 28.7 Å². The number of thiazole rings is 1. The Hall–Kier alpha value is -0.460. The van der Waals surface area contributed by atoms with Crippen LogP contribution in [-0.2, 0) is 20.8 Å². The van der Waals surface area contributed by atoms with Crippen molar-refractivity contribution in [2.24, 2.45) is 9.63 Å². The summed E-state index contributed by atoms with van der Waals surface area (Å²) in [6.07, 6.45) is 3.39. The van der Waals surface area contributed by atoms with Crippen LogP contribution in [0.2, 0.25) is 0 Å². The topological polar surface area (TPSA) is 37.6 Å². The smallest absolute Gasteiger partial charge is 0.0791 e. The fourth-order valence-electron chi connectivity index (χ4n) is 0.356. The third kappa shape index (κ3) is 4.07. The van der Waals surface area contributed by atoms with Gasteiger partial charge in [-0.3, -0.25) is 4.98 Å². The summed E-state index contributed by atoms with van der Waals surface area (Å²) in [5, 5.41) is 7.23. The van der Waals surface area contributed by atoms with Crippen molar-refractivity contribution in [2.75, 3.05) is 0 Å². The molecule has 0 bridgehead atoms. The summed E-state index contributed by atoms with van der Waals surface area (Å²) in [4.78, 5) is 3.74. The van der Waals surface area contributed by atoms with Gasteiger partial charge in [-0.1, -0.05) is 0 Å². The molecule has 0 saturated heterocycles. The van der Waals surface area contributed by atoms with E-state index in [1.54, 1.807) is 34.7 Å². The fraction of sp³-hybridized carbons (Fsp3) is 0. The van der Waals surface area contributed by atoms with Crippen molar-refractivity contribution >= 4 is 32.2 Å². The number of rotatable bonds is 0. The Labute approximate surface area is 75.6 Å². The van der Waals surface area contributed by atoms with Gasteiger partial charge in [-0.15, -0.1) is 15.9 Å². The second kappa shape index (κ2) is 5.22. The van der Waals surface area contributed by atoms with Gasteiger partial charge in [-0.25, -0.2) is 0 Å². The third-order valence-electron chi connectivity index (χ3n) is 0.719. The minimum atomic E-state index is -0.312. The Morgan fingerprint density at radius 2 is 2.36 bits per heavy atom. The zero-order chi connectivity index (χ0) is 7.94. The van der Waals surface area contributed by atoms with Crippen LogP contribution in [0.5, 0.6) is 0 Å². The second-order valence-electron chi connectivity index (χ2n) is 1.43. The quantitative estimate of drug-likeness (QED) is 0.647. The maximum absolute atomic E-state index is 4.68. The molecule has 1 aliphatic heterocycles. The molecule has 1 atom stereocenters.